The molecule has 0 aromatic carbocycles. The number of nitrogens with zero attached hydrogens (tertiary/aromatic N) is 1. The number of hydrogen-bond acceptors (Lipinski definition) is 5. The third-order valence-electron chi connectivity index (χ3n) is 2.19. The van der Waals surface area contributed by atoms with Gasteiger partial charge in [0.05, 0.1) is 23.6 Å². The number of aromatic nitrogens is 1. The van der Waals surface area contributed by atoms with Crippen LogP contribution in [-0.2, 0) is 16.0 Å². The summed E-state index contributed by atoms with van der Waals surface area (Å²) in [4.78, 5) is 34.3. The summed E-state index contributed by atoms with van der Waals surface area (Å²) in [6.45, 7) is 1.57. The molecule has 0 aliphatic carbocycles. The minimum atomic E-state index is -3.05. The van der Waals surface area contributed by atoms with Crippen molar-refractivity contribution in [2.45, 2.75) is 19.8 Å². The van der Waals surface area contributed by atoms with Crippen molar-refractivity contribution < 1.29 is 23.2 Å². The normalized spacial score (nSPS) is 10.5. The Morgan fingerprint density at radius 1 is 1.58 bits per heavy atom. The number of nitrogens with one attached hydrogen (secondary N) is 1. The molecule has 0 saturated heterocycles. The number of carbonyl (C=O) groups excluding carboxylic acids is 1. The lowest BCUT2D eigenvalue weighted by molar-refractivity contribution is -0.385. The molecule has 1 aromatic heterocycles. The topological polar surface area (TPSA) is 102 Å². The number of nitro groups is 1. The van der Waals surface area contributed by atoms with Gasteiger partial charge in [0.25, 0.3) is 17.7 Å². The van der Waals surface area contributed by atoms with Crippen molar-refractivity contribution in [1.29, 1.82) is 0 Å². The molecule has 104 valence electrons. The van der Waals surface area contributed by atoms with Crippen LogP contribution in [-0.4, -0.2) is 22.5 Å². The number of H-pyrrole nitrogens is 1. The van der Waals surface area contributed by atoms with E-state index in [9.17, 15) is 28.5 Å². The van der Waals surface area contributed by atoms with Crippen molar-refractivity contribution in [2.75, 3.05) is 6.61 Å². The lowest BCUT2D eigenvalue weighted by atomic mass is 10.1. The number of halogens is 2. The van der Waals surface area contributed by atoms with E-state index in [4.69, 9.17) is 0 Å². The predicted molar refractivity (Wildman–Crippen MR) is 59.0 cm³/mol. The van der Waals surface area contributed by atoms with Crippen LogP contribution in [0.5, 0.6) is 0 Å². The van der Waals surface area contributed by atoms with Crippen molar-refractivity contribution in [1.82, 2.24) is 4.98 Å². The lowest BCUT2D eigenvalue weighted by Crippen LogP contribution is -2.21. The van der Waals surface area contributed by atoms with Gasteiger partial charge < -0.3 is 9.72 Å². The van der Waals surface area contributed by atoms with E-state index in [1.165, 1.54) is 6.92 Å². The Hall–Kier alpha value is -2.32. The minimum Gasteiger partial charge on any atom is -0.466 e. The molecule has 1 rings (SSSR count). The van der Waals surface area contributed by atoms with Gasteiger partial charge in [-0.15, -0.1) is 0 Å². The van der Waals surface area contributed by atoms with Crippen LogP contribution in [0, 0.1) is 10.1 Å². The van der Waals surface area contributed by atoms with Gasteiger partial charge in [0.1, 0.15) is 5.56 Å². The Balaban J connectivity index is 3.26. The first kappa shape index (κ1) is 14.7. The van der Waals surface area contributed by atoms with E-state index < -0.39 is 46.2 Å². The number of rotatable bonds is 5. The van der Waals surface area contributed by atoms with Gasteiger partial charge in [-0.2, -0.15) is 0 Å². The molecule has 0 saturated carbocycles. The molecule has 0 aliphatic rings. The first-order chi connectivity index (χ1) is 8.86. The van der Waals surface area contributed by atoms with Crippen LogP contribution in [0.4, 0.5) is 14.5 Å². The average Bonchev–Trinajstić information content (AvgIpc) is 2.31. The highest BCUT2D eigenvalue weighted by molar-refractivity contribution is 5.74. The van der Waals surface area contributed by atoms with Gasteiger partial charge in [-0.05, 0) is 6.92 Å². The highest BCUT2D eigenvalue weighted by atomic mass is 19.3. The summed E-state index contributed by atoms with van der Waals surface area (Å²) in [6, 6.07) is 0.542. The number of esters is 1. The SMILES string of the molecule is CCOC(=O)Cc1c([N+](=O)[O-])cc(C(F)F)[nH]c1=O. The summed E-state index contributed by atoms with van der Waals surface area (Å²) in [6.07, 6.45) is -3.70. The van der Waals surface area contributed by atoms with Gasteiger partial charge in [-0.1, -0.05) is 0 Å². The van der Waals surface area contributed by atoms with Crippen LogP contribution in [0.3, 0.4) is 0 Å². The molecule has 7 nitrogen and oxygen atoms in total. The maximum atomic E-state index is 12.4. The molecule has 0 unspecified atom stereocenters. The summed E-state index contributed by atoms with van der Waals surface area (Å²) in [5.74, 6) is -0.846. The smallest absolute Gasteiger partial charge is 0.310 e. The molecule has 0 spiro atoms. The van der Waals surface area contributed by atoms with E-state index in [0.717, 1.165) is 0 Å². The Kier molecular flexibility index (Phi) is 4.67. The molecule has 9 heteroatoms. The molecule has 1 N–H and O–H groups in total. The Labute approximate surface area is 105 Å². The van der Waals surface area contributed by atoms with E-state index in [-0.39, 0.29) is 6.61 Å². The highest BCUT2D eigenvalue weighted by Crippen LogP contribution is 2.22. The fraction of sp³-hybridized carbons (Fsp3) is 0.400. The molecular weight excluding hydrogens is 266 g/mol. The van der Waals surface area contributed by atoms with Gasteiger partial charge >= 0.3 is 5.97 Å². The molecule has 0 radical (unpaired) electrons. The fourth-order valence-electron chi connectivity index (χ4n) is 1.40. The summed E-state index contributed by atoms with van der Waals surface area (Å²) in [5, 5.41) is 10.7. The number of pyridine rings is 1. The maximum absolute atomic E-state index is 12.4. The van der Waals surface area contributed by atoms with Crippen LogP contribution < -0.4 is 5.56 Å². The molecule has 0 bridgehead atoms. The third-order valence-corrected chi connectivity index (χ3v) is 2.19. The van der Waals surface area contributed by atoms with E-state index in [2.05, 4.69) is 4.74 Å². The van der Waals surface area contributed by atoms with Crippen LogP contribution in [0.2, 0.25) is 0 Å². The van der Waals surface area contributed by atoms with E-state index in [0.29, 0.717) is 6.07 Å². The summed E-state index contributed by atoms with van der Waals surface area (Å²) < 4.78 is 29.4. The van der Waals surface area contributed by atoms with E-state index in [1.54, 1.807) is 4.98 Å². The van der Waals surface area contributed by atoms with Gasteiger partial charge in [-0.25, -0.2) is 8.78 Å². The zero-order valence-electron chi connectivity index (χ0n) is 9.81. The zero-order valence-corrected chi connectivity index (χ0v) is 9.81. The van der Waals surface area contributed by atoms with Crippen molar-refractivity contribution in [2.24, 2.45) is 0 Å². The fourth-order valence-corrected chi connectivity index (χ4v) is 1.40. The molecule has 1 aromatic rings. The molecule has 0 fully saturated rings. The lowest BCUT2D eigenvalue weighted by Gasteiger charge is -2.05. The maximum Gasteiger partial charge on any atom is 0.310 e. The average molecular weight is 276 g/mol. The number of aromatic amines is 1. The molecular formula is C10H10F2N2O5. The van der Waals surface area contributed by atoms with E-state index in [1.807, 2.05) is 0 Å². The van der Waals surface area contributed by atoms with Crippen molar-refractivity contribution in [3.05, 3.63) is 37.8 Å². The van der Waals surface area contributed by atoms with Crippen molar-refractivity contribution in [3.63, 3.8) is 0 Å². The van der Waals surface area contributed by atoms with Crippen LogP contribution >= 0.6 is 0 Å². The van der Waals surface area contributed by atoms with Gasteiger partial charge in [0, 0.05) is 6.07 Å². The second kappa shape index (κ2) is 6.03. The first-order valence-corrected chi connectivity index (χ1v) is 5.21. The van der Waals surface area contributed by atoms with Gasteiger partial charge in [0.2, 0.25) is 0 Å². The van der Waals surface area contributed by atoms with Crippen molar-refractivity contribution >= 4 is 11.7 Å². The Morgan fingerprint density at radius 3 is 2.68 bits per heavy atom. The number of carbonyl (C=O) groups is 1. The van der Waals surface area contributed by atoms with Crippen molar-refractivity contribution in [3.8, 4) is 0 Å². The number of alkyl halides is 2. The molecule has 1 heterocycles. The number of hydrogen-bond donors (Lipinski definition) is 1. The molecule has 0 aliphatic heterocycles. The van der Waals surface area contributed by atoms with E-state index >= 15 is 0 Å². The minimum absolute atomic E-state index is 0.0413. The van der Waals surface area contributed by atoms with Crippen LogP contribution in [0.25, 0.3) is 0 Å². The summed E-state index contributed by atoms with van der Waals surface area (Å²) >= 11 is 0. The number of ether oxygens (including phenoxy) is 1. The van der Waals surface area contributed by atoms with Crippen LogP contribution in [0.15, 0.2) is 10.9 Å². The summed E-state index contributed by atoms with van der Waals surface area (Å²) in [5.41, 5.74) is -3.30. The quantitative estimate of drug-likeness (QED) is 0.496. The predicted octanol–water partition coefficient (Wildman–Crippen LogP) is 1.33. The summed E-state index contributed by atoms with van der Waals surface area (Å²) in [7, 11) is 0. The largest absolute Gasteiger partial charge is 0.466 e. The van der Waals surface area contributed by atoms with Gasteiger partial charge in [-0.3, -0.25) is 19.7 Å². The first-order valence-electron chi connectivity index (χ1n) is 5.21. The second-order valence-corrected chi connectivity index (χ2v) is 3.46. The van der Waals surface area contributed by atoms with Gasteiger partial charge in [0.15, 0.2) is 0 Å². The monoisotopic (exact) mass is 276 g/mol. The Bertz CT molecular complexity index is 555. The molecule has 0 amide bonds. The van der Waals surface area contributed by atoms with Crippen LogP contribution in [0.1, 0.15) is 24.6 Å². The molecule has 19 heavy (non-hydrogen) atoms. The highest BCUT2D eigenvalue weighted by Gasteiger charge is 2.24. The molecule has 0 atom stereocenters. The standard InChI is InChI=1S/C10H10F2N2O5/c1-2-19-8(15)3-5-7(14(17)18)4-6(9(11)12)13-10(5)16/h4,9H,2-3H2,1H3,(H,13,16). The zero-order chi connectivity index (χ0) is 14.6. The Morgan fingerprint density at radius 2 is 2.21 bits per heavy atom. The third kappa shape index (κ3) is 3.57. The second-order valence-electron chi connectivity index (χ2n) is 3.46.